The molecule has 188 valence electrons. The molecule has 1 aromatic carbocycles. The molecule has 2 N–H and O–H groups in total. The van der Waals surface area contributed by atoms with Gasteiger partial charge in [-0.3, -0.25) is 9.74 Å². The van der Waals surface area contributed by atoms with E-state index in [1.165, 1.54) is 0 Å². The smallest absolute Gasteiger partial charge is 0.457 e. The Labute approximate surface area is 202 Å². The monoisotopic (exact) mass is 476 g/mol. The number of hydrogen-bond acceptors (Lipinski definition) is 6. The SMILES string of the molecule is CN(CC1C[C@@H](CCCB2OC(C)(C)C(C)(C)O2)[C@@H](C(=O)O)N1C(=O)O)OCc1ccccc1. The lowest BCUT2D eigenvalue weighted by molar-refractivity contribution is -0.159. The highest BCUT2D eigenvalue weighted by atomic mass is 16.7. The molecule has 2 heterocycles. The van der Waals surface area contributed by atoms with Crippen LogP contribution < -0.4 is 0 Å². The van der Waals surface area contributed by atoms with Gasteiger partial charge in [-0.15, -0.1) is 0 Å². The minimum absolute atomic E-state index is 0.288. The van der Waals surface area contributed by atoms with Crippen molar-refractivity contribution in [3.8, 4) is 0 Å². The van der Waals surface area contributed by atoms with E-state index in [0.29, 0.717) is 32.2 Å². The maximum Gasteiger partial charge on any atom is 0.457 e. The van der Waals surface area contributed by atoms with Gasteiger partial charge in [0.1, 0.15) is 6.04 Å². The zero-order valence-corrected chi connectivity index (χ0v) is 20.8. The van der Waals surface area contributed by atoms with Gasteiger partial charge in [0, 0.05) is 13.6 Å². The van der Waals surface area contributed by atoms with E-state index in [9.17, 15) is 19.8 Å². The Hall–Kier alpha value is -2.14. The second-order valence-corrected chi connectivity index (χ2v) is 10.3. The summed E-state index contributed by atoms with van der Waals surface area (Å²) in [5, 5.41) is 21.3. The molecule has 0 radical (unpaired) electrons. The number of carboxylic acid groups (broad SMARTS) is 2. The van der Waals surface area contributed by atoms with Crippen molar-refractivity contribution in [2.75, 3.05) is 13.6 Å². The van der Waals surface area contributed by atoms with Crippen molar-refractivity contribution in [2.45, 2.75) is 83.2 Å². The topological polar surface area (TPSA) is 109 Å². The van der Waals surface area contributed by atoms with Crippen molar-refractivity contribution >= 4 is 19.2 Å². The fourth-order valence-corrected chi connectivity index (χ4v) is 4.82. The van der Waals surface area contributed by atoms with Crippen LogP contribution in [0.15, 0.2) is 30.3 Å². The number of aliphatic carboxylic acids is 1. The van der Waals surface area contributed by atoms with Crippen molar-refractivity contribution < 1.29 is 33.9 Å². The van der Waals surface area contributed by atoms with Gasteiger partial charge in [-0.1, -0.05) is 36.8 Å². The first-order chi connectivity index (χ1) is 15.9. The van der Waals surface area contributed by atoms with Crippen LogP contribution in [0.4, 0.5) is 4.79 Å². The number of likely N-dealkylation sites (N-methyl/N-ethyl adjacent to an activating group) is 1. The van der Waals surface area contributed by atoms with E-state index < -0.39 is 35.3 Å². The molecule has 3 atom stereocenters. The summed E-state index contributed by atoms with van der Waals surface area (Å²) in [6.07, 6.45) is 1.14. The summed E-state index contributed by atoms with van der Waals surface area (Å²) >= 11 is 0. The summed E-state index contributed by atoms with van der Waals surface area (Å²) in [4.78, 5) is 30.9. The lowest BCUT2D eigenvalue weighted by atomic mass is 9.80. The molecule has 0 aliphatic carbocycles. The number of amides is 1. The molecule has 2 saturated heterocycles. The molecule has 0 spiro atoms. The van der Waals surface area contributed by atoms with Gasteiger partial charge in [0.05, 0.1) is 23.9 Å². The molecule has 9 nitrogen and oxygen atoms in total. The molecule has 2 aliphatic heterocycles. The molecule has 0 bridgehead atoms. The second-order valence-electron chi connectivity index (χ2n) is 10.3. The lowest BCUT2D eigenvalue weighted by Gasteiger charge is -2.32. The van der Waals surface area contributed by atoms with Gasteiger partial charge < -0.3 is 19.5 Å². The van der Waals surface area contributed by atoms with Crippen LogP contribution in [0.2, 0.25) is 6.32 Å². The summed E-state index contributed by atoms with van der Waals surface area (Å²) in [5.41, 5.74) is 0.175. The fourth-order valence-electron chi connectivity index (χ4n) is 4.82. The Morgan fingerprint density at radius 3 is 2.32 bits per heavy atom. The number of carboxylic acids is 1. The third-order valence-electron chi connectivity index (χ3n) is 7.27. The fraction of sp³-hybridized carbons (Fsp3) is 0.667. The normalized spacial score (nSPS) is 25.8. The van der Waals surface area contributed by atoms with Crippen LogP contribution in [0.1, 0.15) is 52.5 Å². The van der Waals surface area contributed by atoms with E-state index in [2.05, 4.69) is 0 Å². The Morgan fingerprint density at radius 2 is 1.76 bits per heavy atom. The van der Waals surface area contributed by atoms with Gasteiger partial charge in [-0.2, -0.15) is 5.06 Å². The number of likely N-dealkylation sites (tertiary alicyclic amines) is 1. The quantitative estimate of drug-likeness (QED) is 0.388. The molecule has 3 rings (SSSR count). The van der Waals surface area contributed by atoms with Gasteiger partial charge in [0.25, 0.3) is 0 Å². The number of carbonyl (C=O) groups is 2. The predicted molar refractivity (Wildman–Crippen MR) is 127 cm³/mol. The maximum absolute atomic E-state index is 12.1. The molecule has 1 aromatic rings. The van der Waals surface area contributed by atoms with E-state index >= 15 is 0 Å². The Bertz CT molecular complexity index is 835. The summed E-state index contributed by atoms with van der Waals surface area (Å²) in [5.74, 6) is -1.40. The second kappa shape index (κ2) is 10.6. The first-order valence-corrected chi connectivity index (χ1v) is 11.9. The summed E-state index contributed by atoms with van der Waals surface area (Å²) < 4.78 is 12.1. The molecular weight excluding hydrogens is 439 g/mol. The zero-order valence-electron chi connectivity index (χ0n) is 20.8. The highest BCUT2D eigenvalue weighted by Crippen LogP contribution is 2.39. The van der Waals surface area contributed by atoms with E-state index in [0.717, 1.165) is 10.5 Å². The highest BCUT2D eigenvalue weighted by Gasteiger charge is 2.51. The van der Waals surface area contributed by atoms with Crippen molar-refractivity contribution in [3.05, 3.63) is 35.9 Å². The van der Waals surface area contributed by atoms with E-state index in [4.69, 9.17) is 14.1 Å². The van der Waals surface area contributed by atoms with Crippen LogP contribution >= 0.6 is 0 Å². The minimum Gasteiger partial charge on any atom is -0.480 e. The molecule has 34 heavy (non-hydrogen) atoms. The minimum atomic E-state index is -1.22. The summed E-state index contributed by atoms with van der Waals surface area (Å²) in [6.45, 7) is 8.63. The number of nitrogens with zero attached hydrogens (tertiary/aromatic N) is 2. The first kappa shape index (κ1) is 26.5. The molecule has 2 aliphatic rings. The molecule has 0 saturated carbocycles. The number of rotatable bonds is 10. The Morgan fingerprint density at radius 1 is 1.15 bits per heavy atom. The van der Waals surface area contributed by atoms with Gasteiger partial charge in [0.2, 0.25) is 0 Å². The first-order valence-electron chi connectivity index (χ1n) is 11.9. The number of hydrogen-bond donors (Lipinski definition) is 2. The van der Waals surface area contributed by atoms with Gasteiger partial charge >= 0.3 is 19.2 Å². The van der Waals surface area contributed by atoms with Crippen molar-refractivity contribution in [3.63, 3.8) is 0 Å². The molecule has 0 aromatic heterocycles. The zero-order chi connectivity index (χ0) is 25.1. The molecule has 1 amide bonds. The average Bonchev–Trinajstić information content (AvgIpc) is 3.20. The highest BCUT2D eigenvalue weighted by molar-refractivity contribution is 6.45. The average molecular weight is 476 g/mol. The maximum atomic E-state index is 12.1. The lowest BCUT2D eigenvalue weighted by Crippen LogP contribution is -2.49. The summed E-state index contributed by atoms with van der Waals surface area (Å²) in [6, 6.07) is 8.12. The van der Waals surface area contributed by atoms with E-state index in [-0.39, 0.29) is 19.6 Å². The van der Waals surface area contributed by atoms with Crippen LogP contribution in [0.5, 0.6) is 0 Å². The predicted octanol–water partition coefficient (Wildman–Crippen LogP) is 3.74. The van der Waals surface area contributed by atoms with E-state index in [1.54, 1.807) is 12.1 Å². The number of hydroxylamine groups is 2. The van der Waals surface area contributed by atoms with Crippen LogP contribution in [0, 0.1) is 5.92 Å². The molecule has 1 unspecified atom stereocenters. The molecular formula is C24H37BN2O7. The van der Waals surface area contributed by atoms with Gasteiger partial charge in [-0.25, -0.2) is 9.59 Å². The molecule has 2 fully saturated rings. The standard InChI is InChI=1S/C24H37BN2O7/c1-23(2)24(3,4)34-25(33-23)13-9-12-18-14-19(27(22(30)31)20(18)21(28)29)15-26(5)32-16-17-10-7-6-8-11-17/h6-8,10-11,18-20H,9,12-16H2,1-5H3,(H,28,29)(H,30,31)/t18-,19?,20+/m1/s1. The van der Waals surface area contributed by atoms with Crippen LogP contribution in [0.25, 0.3) is 0 Å². The third kappa shape index (κ3) is 6.10. The van der Waals surface area contributed by atoms with Crippen LogP contribution in [-0.2, 0) is 25.5 Å². The third-order valence-corrected chi connectivity index (χ3v) is 7.27. The van der Waals surface area contributed by atoms with Crippen molar-refractivity contribution in [2.24, 2.45) is 5.92 Å². The van der Waals surface area contributed by atoms with Crippen LogP contribution in [0.3, 0.4) is 0 Å². The Balaban J connectivity index is 1.58. The van der Waals surface area contributed by atoms with Crippen LogP contribution in [-0.4, -0.2) is 76.2 Å². The van der Waals surface area contributed by atoms with Crippen molar-refractivity contribution in [1.29, 1.82) is 0 Å². The number of benzene rings is 1. The summed E-state index contributed by atoms with van der Waals surface area (Å²) in [7, 11) is 1.39. The molecule has 10 heteroatoms. The van der Waals surface area contributed by atoms with Crippen molar-refractivity contribution in [1.82, 2.24) is 9.96 Å². The largest absolute Gasteiger partial charge is 0.480 e. The Kier molecular flexibility index (Phi) is 8.28. The van der Waals surface area contributed by atoms with Gasteiger partial charge in [0.15, 0.2) is 0 Å². The van der Waals surface area contributed by atoms with Gasteiger partial charge in [-0.05, 0) is 58.3 Å². The van der Waals surface area contributed by atoms with E-state index in [1.807, 2.05) is 58.0 Å².